The number of esters is 1. The Balaban J connectivity index is 2.35. The molecule has 0 bridgehead atoms. The minimum absolute atomic E-state index is 0.0874. The third-order valence-corrected chi connectivity index (χ3v) is 4.67. The number of aromatic nitrogens is 1. The maximum absolute atomic E-state index is 11.8. The maximum Gasteiger partial charge on any atom is 0.468 e. The number of carbonyl (C=O) groups excluding carboxylic acids is 1. The zero-order valence-corrected chi connectivity index (χ0v) is 14.3. The van der Waals surface area contributed by atoms with Crippen LogP contribution in [-0.4, -0.2) is 36.4 Å². The van der Waals surface area contributed by atoms with Gasteiger partial charge in [-0.3, -0.25) is 9.78 Å². The van der Waals surface area contributed by atoms with E-state index in [1.807, 2.05) is 27.7 Å². The molecule has 22 heavy (non-hydrogen) atoms. The SMILES string of the molecule is COC(=O)CC(B1OC(C)(C)C(C)(C)O1)c1ncccc1Cl. The quantitative estimate of drug-likeness (QED) is 0.629. The molecule has 1 aliphatic heterocycles. The molecule has 0 aromatic carbocycles. The van der Waals surface area contributed by atoms with Crippen molar-refractivity contribution in [3.63, 3.8) is 0 Å². The van der Waals surface area contributed by atoms with Crippen molar-refractivity contribution < 1.29 is 18.8 Å². The molecule has 2 rings (SSSR count). The molecule has 0 radical (unpaired) electrons. The minimum atomic E-state index is -0.614. The van der Waals surface area contributed by atoms with Crippen LogP contribution in [0.25, 0.3) is 0 Å². The van der Waals surface area contributed by atoms with Gasteiger partial charge in [0.05, 0.1) is 35.4 Å². The van der Waals surface area contributed by atoms with E-state index in [1.54, 1.807) is 18.3 Å². The van der Waals surface area contributed by atoms with Crippen molar-refractivity contribution >= 4 is 24.7 Å². The lowest BCUT2D eigenvalue weighted by Gasteiger charge is -2.32. The van der Waals surface area contributed by atoms with Gasteiger partial charge in [0.15, 0.2) is 0 Å². The van der Waals surface area contributed by atoms with E-state index in [1.165, 1.54) is 7.11 Å². The van der Waals surface area contributed by atoms with Crippen LogP contribution in [0.4, 0.5) is 0 Å². The lowest BCUT2D eigenvalue weighted by atomic mass is 9.68. The average Bonchev–Trinajstić information content (AvgIpc) is 2.65. The summed E-state index contributed by atoms with van der Waals surface area (Å²) in [7, 11) is 0.737. The van der Waals surface area contributed by atoms with Gasteiger partial charge in [0.2, 0.25) is 0 Å². The Morgan fingerprint density at radius 1 is 1.36 bits per heavy atom. The minimum Gasteiger partial charge on any atom is -0.469 e. The Kier molecular flexibility index (Phi) is 4.85. The zero-order valence-electron chi connectivity index (χ0n) is 13.6. The number of pyridine rings is 1. The highest BCUT2D eigenvalue weighted by atomic mass is 35.5. The molecule has 1 atom stereocenters. The van der Waals surface area contributed by atoms with Gasteiger partial charge in [0, 0.05) is 12.0 Å². The van der Waals surface area contributed by atoms with Gasteiger partial charge in [0.25, 0.3) is 0 Å². The normalized spacial score (nSPS) is 20.7. The van der Waals surface area contributed by atoms with Gasteiger partial charge in [-0.25, -0.2) is 0 Å². The molecule has 1 saturated heterocycles. The van der Waals surface area contributed by atoms with Crippen LogP contribution >= 0.6 is 11.6 Å². The highest BCUT2D eigenvalue weighted by Crippen LogP contribution is 2.42. The first kappa shape index (κ1) is 17.3. The molecule has 2 heterocycles. The lowest BCUT2D eigenvalue weighted by Crippen LogP contribution is -2.41. The molecule has 1 fully saturated rings. The molecule has 1 unspecified atom stereocenters. The number of hydrogen-bond acceptors (Lipinski definition) is 5. The predicted octanol–water partition coefficient (Wildman–Crippen LogP) is 3.01. The number of rotatable bonds is 4. The molecular weight excluding hydrogens is 304 g/mol. The number of methoxy groups -OCH3 is 1. The summed E-state index contributed by atoms with van der Waals surface area (Å²) in [6.07, 6.45) is 1.72. The summed E-state index contributed by atoms with van der Waals surface area (Å²) in [4.78, 5) is 16.1. The number of hydrogen-bond donors (Lipinski definition) is 0. The molecule has 1 aromatic rings. The summed E-state index contributed by atoms with van der Waals surface area (Å²) < 4.78 is 16.9. The van der Waals surface area contributed by atoms with Crippen LogP contribution in [0.3, 0.4) is 0 Å². The van der Waals surface area contributed by atoms with Crippen molar-refractivity contribution in [2.45, 2.75) is 51.1 Å². The Labute approximate surface area is 136 Å². The van der Waals surface area contributed by atoms with E-state index < -0.39 is 24.1 Å². The smallest absolute Gasteiger partial charge is 0.468 e. The number of nitrogens with zero attached hydrogens (tertiary/aromatic N) is 1. The molecule has 0 spiro atoms. The summed E-state index contributed by atoms with van der Waals surface area (Å²) in [6, 6.07) is 3.48. The van der Waals surface area contributed by atoms with Crippen molar-refractivity contribution in [2.24, 2.45) is 0 Å². The molecule has 0 saturated carbocycles. The summed E-state index contributed by atoms with van der Waals surface area (Å²) in [6.45, 7) is 7.84. The van der Waals surface area contributed by atoms with Crippen molar-refractivity contribution in [3.8, 4) is 0 Å². The standard InChI is InChI=1S/C15H21BClNO4/c1-14(2)15(3,4)22-16(21-14)10(9-12(19)20-5)13-11(17)7-6-8-18-13/h6-8,10H,9H2,1-5H3. The number of ether oxygens (including phenoxy) is 1. The molecule has 0 N–H and O–H groups in total. The second-order valence-corrected chi connectivity index (χ2v) is 6.79. The van der Waals surface area contributed by atoms with E-state index in [9.17, 15) is 4.79 Å². The van der Waals surface area contributed by atoms with Gasteiger partial charge in [0.1, 0.15) is 0 Å². The van der Waals surface area contributed by atoms with E-state index >= 15 is 0 Å². The summed E-state index contributed by atoms with van der Waals surface area (Å²) >= 11 is 6.24. The highest BCUT2D eigenvalue weighted by Gasteiger charge is 2.54. The van der Waals surface area contributed by atoms with E-state index in [2.05, 4.69) is 4.98 Å². The second-order valence-electron chi connectivity index (χ2n) is 6.38. The van der Waals surface area contributed by atoms with Crippen LogP contribution in [0.5, 0.6) is 0 Å². The van der Waals surface area contributed by atoms with E-state index in [0.717, 1.165) is 0 Å². The molecule has 7 heteroatoms. The van der Waals surface area contributed by atoms with Crippen LogP contribution < -0.4 is 0 Å². The van der Waals surface area contributed by atoms with Crippen LogP contribution in [0.15, 0.2) is 18.3 Å². The monoisotopic (exact) mass is 325 g/mol. The molecule has 5 nitrogen and oxygen atoms in total. The lowest BCUT2D eigenvalue weighted by molar-refractivity contribution is -0.140. The van der Waals surface area contributed by atoms with Gasteiger partial charge < -0.3 is 14.0 Å². The third-order valence-electron chi connectivity index (χ3n) is 4.35. The van der Waals surface area contributed by atoms with Crippen molar-refractivity contribution in [1.29, 1.82) is 0 Å². The summed E-state index contributed by atoms with van der Waals surface area (Å²) in [5.41, 5.74) is -0.409. The van der Waals surface area contributed by atoms with Crippen LogP contribution in [0.2, 0.25) is 5.02 Å². The summed E-state index contributed by atoms with van der Waals surface area (Å²) in [5, 5.41) is 0.478. The van der Waals surface area contributed by atoms with Crippen molar-refractivity contribution in [2.75, 3.05) is 7.11 Å². The first-order chi connectivity index (χ1) is 10.2. The van der Waals surface area contributed by atoms with Gasteiger partial charge in [-0.05, 0) is 39.8 Å². The van der Waals surface area contributed by atoms with E-state index in [0.29, 0.717) is 10.7 Å². The first-order valence-corrected chi connectivity index (χ1v) is 7.58. The van der Waals surface area contributed by atoms with Crippen LogP contribution in [0, 0.1) is 0 Å². The summed E-state index contributed by atoms with van der Waals surface area (Å²) in [5.74, 6) is -0.788. The molecule has 0 amide bonds. The Bertz CT molecular complexity index is 548. The third kappa shape index (κ3) is 3.29. The van der Waals surface area contributed by atoms with Crippen molar-refractivity contribution in [1.82, 2.24) is 4.98 Å². The average molecular weight is 326 g/mol. The number of halogens is 1. The number of carbonyl (C=O) groups is 1. The Morgan fingerprint density at radius 2 is 1.95 bits per heavy atom. The Hall–Kier alpha value is -1.11. The van der Waals surface area contributed by atoms with E-state index in [-0.39, 0.29) is 12.4 Å². The largest absolute Gasteiger partial charge is 0.469 e. The van der Waals surface area contributed by atoms with Crippen LogP contribution in [0.1, 0.15) is 45.6 Å². The molecule has 1 aromatic heterocycles. The van der Waals surface area contributed by atoms with Gasteiger partial charge in [-0.15, -0.1) is 0 Å². The molecule has 0 aliphatic carbocycles. The Morgan fingerprint density at radius 3 is 2.45 bits per heavy atom. The predicted molar refractivity (Wildman–Crippen MR) is 84.7 cm³/mol. The van der Waals surface area contributed by atoms with Gasteiger partial charge in [-0.1, -0.05) is 11.6 Å². The first-order valence-electron chi connectivity index (χ1n) is 7.21. The molecule has 120 valence electrons. The fourth-order valence-corrected chi connectivity index (χ4v) is 2.57. The van der Waals surface area contributed by atoms with Crippen molar-refractivity contribution in [3.05, 3.63) is 29.0 Å². The fourth-order valence-electron chi connectivity index (χ4n) is 2.31. The van der Waals surface area contributed by atoms with Gasteiger partial charge >= 0.3 is 13.1 Å². The van der Waals surface area contributed by atoms with Gasteiger partial charge in [-0.2, -0.15) is 0 Å². The second kappa shape index (κ2) is 6.18. The highest BCUT2D eigenvalue weighted by molar-refractivity contribution is 6.48. The van der Waals surface area contributed by atoms with E-state index in [4.69, 9.17) is 25.6 Å². The fraction of sp³-hybridized carbons (Fsp3) is 0.600. The topological polar surface area (TPSA) is 57.7 Å². The zero-order chi connectivity index (χ0) is 16.5. The molecular formula is C15H21BClNO4. The van der Waals surface area contributed by atoms with Crippen LogP contribution in [-0.2, 0) is 18.8 Å². The maximum atomic E-state index is 11.8. The molecule has 1 aliphatic rings.